The molecule has 21 heavy (non-hydrogen) atoms. The minimum Gasteiger partial charge on any atom is -0.273 e. The molecule has 1 N–H and O–H groups in total. The van der Waals surface area contributed by atoms with Gasteiger partial charge >= 0.3 is 0 Å². The van der Waals surface area contributed by atoms with E-state index < -0.39 is 0 Å². The van der Waals surface area contributed by atoms with Gasteiger partial charge in [-0.05, 0) is 41.8 Å². The normalized spacial score (nSPS) is 10.8. The second-order valence-corrected chi connectivity index (χ2v) is 6.38. The molecule has 0 saturated heterocycles. The van der Waals surface area contributed by atoms with Gasteiger partial charge in [-0.1, -0.05) is 56.1 Å². The lowest BCUT2D eigenvalue weighted by Gasteiger charge is -2.01. The third kappa shape index (κ3) is 5.10. The lowest BCUT2D eigenvalue weighted by molar-refractivity contribution is -0.120. The maximum Gasteiger partial charge on any atom is 0.244 e. The van der Waals surface area contributed by atoms with Gasteiger partial charge in [-0.25, -0.2) is 5.43 Å². The Labute approximate surface area is 140 Å². The number of nitrogens with zero attached hydrogens (tertiary/aromatic N) is 1. The summed E-state index contributed by atoms with van der Waals surface area (Å²) in [6.07, 6.45) is 1.94. The molecule has 0 fully saturated rings. The molecule has 0 aromatic heterocycles. The highest BCUT2D eigenvalue weighted by Gasteiger charge is 2.01. The van der Waals surface area contributed by atoms with Crippen molar-refractivity contribution >= 4 is 44.0 Å². The van der Waals surface area contributed by atoms with Crippen LogP contribution in [0.5, 0.6) is 0 Å². The quantitative estimate of drug-likeness (QED) is 0.596. The minimum atomic E-state index is -0.139. The van der Waals surface area contributed by atoms with Crippen LogP contribution >= 0.6 is 31.9 Å². The molecule has 0 aliphatic rings. The van der Waals surface area contributed by atoms with Gasteiger partial charge in [-0.3, -0.25) is 4.79 Å². The molecule has 0 saturated carbocycles. The van der Waals surface area contributed by atoms with Crippen LogP contribution in [0.2, 0.25) is 0 Å². The molecular formula is C16H14Br2N2O. The monoisotopic (exact) mass is 408 g/mol. The summed E-state index contributed by atoms with van der Waals surface area (Å²) in [6.45, 7) is 2.02. The molecule has 3 nitrogen and oxygen atoms in total. The second-order valence-electron chi connectivity index (χ2n) is 4.61. The predicted molar refractivity (Wildman–Crippen MR) is 92.5 cm³/mol. The fraction of sp³-hybridized carbons (Fsp3) is 0.125. The lowest BCUT2D eigenvalue weighted by Crippen LogP contribution is -2.19. The summed E-state index contributed by atoms with van der Waals surface area (Å²) in [5.74, 6) is -0.139. The first-order valence-electron chi connectivity index (χ1n) is 6.37. The fourth-order valence-corrected chi connectivity index (χ4v) is 2.36. The van der Waals surface area contributed by atoms with Crippen molar-refractivity contribution in [1.82, 2.24) is 5.43 Å². The van der Waals surface area contributed by atoms with Crippen molar-refractivity contribution in [2.24, 2.45) is 5.10 Å². The predicted octanol–water partition coefficient (Wildman–Crippen LogP) is 4.21. The molecule has 0 heterocycles. The van der Waals surface area contributed by atoms with Crippen LogP contribution in [0.3, 0.4) is 0 Å². The Morgan fingerprint density at radius 3 is 2.57 bits per heavy atom. The number of hydrogen-bond donors (Lipinski definition) is 1. The maximum absolute atomic E-state index is 11.8. The molecule has 0 atom stereocenters. The molecular weight excluding hydrogens is 396 g/mol. The lowest BCUT2D eigenvalue weighted by atomic mass is 10.1. The number of carbonyl (C=O) groups is 1. The van der Waals surface area contributed by atoms with E-state index in [1.165, 1.54) is 0 Å². The summed E-state index contributed by atoms with van der Waals surface area (Å²) in [6, 6.07) is 13.5. The zero-order valence-corrected chi connectivity index (χ0v) is 14.6. The highest BCUT2D eigenvalue weighted by atomic mass is 79.9. The summed E-state index contributed by atoms with van der Waals surface area (Å²) in [7, 11) is 0. The van der Waals surface area contributed by atoms with Gasteiger partial charge in [0.1, 0.15) is 0 Å². The first kappa shape index (κ1) is 15.9. The number of carbonyl (C=O) groups excluding carboxylic acids is 1. The van der Waals surface area contributed by atoms with Crippen LogP contribution in [0, 0.1) is 6.92 Å². The molecule has 5 heteroatoms. The summed E-state index contributed by atoms with van der Waals surface area (Å²) >= 11 is 6.83. The smallest absolute Gasteiger partial charge is 0.244 e. The molecule has 0 spiro atoms. The number of nitrogens with one attached hydrogen (secondary N) is 1. The molecule has 108 valence electrons. The molecule has 0 aliphatic heterocycles. The van der Waals surface area contributed by atoms with E-state index in [2.05, 4.69) is 42.4 Å². The average molecular weight is 410 g/mol. The van der Waals surface area contributed by atoms with Crippen molar-refractivity contribution in [2.45, 2.75) is 13.3 Å². The standard InChI is InChI=1S/C16H14Br2N2O/c1-11-2-3-13(8-15(11)18)10-19-20-16(21)9-12-4-6-14(17)7-5-12/h2-8,10H,9H2,1H3,(H,20,21)/b19-10+. The van der Waals surface area contributed by atoms with E-state index in [0.29, 0.717) is 6.42 Å². The first-order valence-corrected chi connectivity index (χ1v) is 7.96. The van der Waals surface area contributed by atoms with Gasteiger partial charge in [-0.15, -0.1) is 0 Å². The Hall–Kier alpha value is -1.46. The molecule has 0 unspecified atom stereocenters. The van der Waals surface area contributed by atoms with Crippen molar-refractivity contribution < 1.29 is 4.79 Å². The first-order chi connectivity index (χ1) is 10.0. The van der Waals surface area contributed by atoms with Crippen LogP contribution < -0.4 is 5.43 Å². The number of hydrazone groups is 1. The Bertz CT molecular complexity index is 666. The number of benzene rings is 2. The van der Waals surface area contributed by atoms with E-state index in [1.807, 2.05) is 49.4 Å². The third-order valence-corrected chi connectivity index (χ3v) is 4.26. The summed E-state index contributed by atoms with van der Waals surface area (Å²) in [4.78, 5) is 11.8. The van der Waals surface area contributed by atoms with Gasteiger partial charge in [0.05, 0.1) is 12.6 Å². The Kier molecular flexibility index (Phi) is 5.70. The second kappa shape index (κ2) is 7.52. The number of amides is 1. The number of hydrogen-bond acceptors (Lipinski definition) is 2. The highest BCUT2D eigenvalue weighted by Crippen LogP contribution is 2.16. The summed E-state index contributed by atoms with van der Waals surface area (Å²) in [5, 5.41) is 3.97. The Balaban J connectivity index is 1.89. The zero-order valence-electron chi connectivity index (χ0n) is 11.4. The number of halogens is 2. The van der Waals surface area contributed by atoms with Crippen LogP contribution in [0.4, 0.5) is 0 Å². The van der Waals surface area contributed by atoms with Gasteiger partial charge in [0.25, 0.3) is 0 Å². The minimum absolute atomic E-state index is 0.139. The van der Waals surface area contributed by atoms with Gasteiger partial charge in [-0.2, -0.15) is 5.10 Å². The van der Waals surface area contributed by atoms with E-state index in [0.717, 1.165) is 25.6 Å². The largest absolute Gasteiger partial charge is 0.273 e. The van der Waals surface area contributed by atoms with Crippen LogP contribution in [-0.2, 0) is 11.2 Å². The van der Waals surface area contributed by atoms with E-state index in [4.69, 9.17) is 0 Å². The molecule has 0 bridgehead atoms. The third-order valence-electron chi connectivity index (χ3n) is 2.88. The van der Waals surface area contributed by atoms with E-state index in [-0.39, 0.29) is 5.91 Å². The fourth-order valence-electron chi connectivity index (χ4n) is 1.70. The average Bonchev–Trinajstić information content (AvgIpc) is 2.45. The number of aryl methyl sites for hydroxylation is 1. The Morgan fingerprint density at radius 2 is 1.90 bits per heavy atom. The van der Waals surface area contributed by atoms with Gasteiger partial charge in [0.15, 0.2) is 0 Å². The molecule has 0 aliphatic carbocycles. The Morgan fingerprint density at radius 1 is 1.19 bits per heavy atom. The topological polar surface area (TPSA) is 41.5 Å². The number of rotatable bonds is 4. The van der Waals surface area contributed by atoms with Crippen LogP contribution in [0.15, 0.2) is 56.5 Å². The molecule has 2 aromatic carbocycles. The van der Waals surface area contributed by atoms with E-state index in [1.54, 1.807) is 6.21 Å². The van der Waals surface area contributed by atoms with Crippen molar-refractivity contribution in [3.8, 4) is 0 Å². The SMILES string of the molecule is Cc1ccc(/C=N/NC(=O)Cc2ccc(Br)cc2)cc1Br. The summed E-state index contributed by atoms with van der Waals surface area (Å²) in [5.41, 5.74) is 5.57. The van der Waals surface area contributed by atoms with Crippen molar-refractivity contribution in [1.29, 1.82) is 0 Å². The van der Waals surface area contributed by atoms with Crippen LogP contribution in [-0.4, -0.2) is 12.1 Å². The van der Waals surface area contributed by atoms with Crippen molar-refractivity contribution in [3.05, 3.63) is 68.1 Å². The molecule has 0 radical (unpaired) electrons. The van der Waals surface area contributed by atoms with E-state index in [9.17, 15) is 4.79 Å². The van der Waals surface area contributed by atoms with E-state index >= 15 is 0 Å². The molecule has 2 aromatic rings. The summed E-state index contributed by atoms with van der Waals surface area (Å²) < 4.78 is 2.02. The van der Waals surface area contributed by atoms with Crippen LogP contribution in [0.25, 0.3) is 0 Å². The van der Waals surface area contributed by atoms with Crippen molar-refractivity contribution in [3.63, 3.8) is 0 Å². The zero-order chi connectivity index (χ0) is 15.2. The van der Waals surface area contributed by atoms with Gasteiger partial charge < -0.3 is 0 Å². The molecule has 1 amide bonds. The molecule has 2 rings (SSSR count). The van der Waals surface area contributed by atoms with Gasteiger partial charge in [0, 0.05) is 8.95 Å². The van der Waals surface area contributed by atoms with Crippen LogP contribution in [0.1, 0.15) is 16.7 Å². The van der Waals surface area contributed by atoms with Crippen molar-refractivity contribution in [2.75, 3.05) is 0 Å². The highest BCUT2D eigenvalue weighted by molar-refractivity contribution is 9.10. The maximum atomic E-state index is 11.8. The van der Waals surface area contributed by atoms with Gasteiger partial charge in [0.2, 0.25) is 5.91 Å².